The number of carboxylic acids is 1. The molecule has 3 rings (SSSR count). The van der Waals surface area contributed by atoms with E-state index in [4.69, 9.17) is 5.11 Å². The molecule has 22 heavy (non-hydrogen) atoms. The van der Waals surface area contributed by atoms with Gasteiger partial charge in [-0.2, -0.15) is 0 Å². The molecule has 0 radical (unpaired) electrons. The van der Waals surface area contributed by atoms with Gasteiger partial charge in [-0.3, -0.25) is 9.59 Å². The second-order valence-electron chi connectivity index (χ2n) is 4.84. The van der Waals surface area contributed by atoms with Crippen LogP contribution in [0.25, 0.3) is 0 Å². The first kappa shape index (κ1) is 13.8. The van der Waals surface area contributed by atoms with Crippen molar-refractivity contribution in [1.29, 1.82) is 0 Å². The maximum absolute atomic E-state index is 12.5. The molecule has 2 aromatic rings. The summed E-state index contributed by atoms with van der Waals surface area (Å²) in [6.45, 7) is 0.183. The van der Waals surface area contributed by atoms with Gasteiger partial charge in [0.15, 0.2) is 5.78 Å². The number of rotatable bonds is 3. The molecule has 2 aromatic carbocycles. The van der Waals surface area contributed by atoms with Gasteiger partial charge >= 0.3 is 5.97 Å². The summed E-state index contributed by atoms with van der Waals surface area (Å²) in [6.07, 6.45) is 0. The molecular formula is C16H12N2O4. The maximum Gasteiger partial charge on any atom is 0.336 e. The van der Waals surface area contributed by atoms with Crippen LogP contribution in [0.1, 0.15) is 26.3 Å². The molecule has 1 amide bonds. The number of anilines is 2. The highest BCUT2D eigenvalue weighted by atomic mass is 16.4. The van der Waals surface area contributed by atoms with Gasteiger partial charge in [-0.1, -0.05) is 18.2 Å². The van der Waals surface area contributed by atoms with Crippen molar-refractivity contribution in [3.63, 3.8) is 0 Å². The normalized spacial score (nSPS) is 12.8. The number of ketones is 1. The lowest BCUT2D eigenvalue weighted by Gasteiger charge is -2.19. The Labute approximate surface area is 125 Å². The second kappa shape index (κ2) is 5.33. The third-order valence-electron chi connectivity index (χ3n) is 3.40. The first-order chi connectivity index (χ1) is 10.6. The third-order valence-corrected chi connectivity index (χ3v) is 3.40. The first-order valence-corrected chi connectivity index (χ1v) is 6.61. The van der Waals surface area contributed by atoms with Crippen LogP contribution in [-0.2, 0) is 4.79 Å². The molecule has 1 aliphatic rings. The topological polar surface area (TPSA) is 95.5 Å². The highest BCUT2D eigenvalue weighted by molar-refractivity contribution is 6.15. The van der Waals surface area contributed by atoms with E-state index in [0.717, 1.165) is 5.69 Å². The van der Waals surface area contributed by atoms with Crippen molar-refractivity contribution >= 4 is 29.0 Å². The summed E-state index contributed by atoms with van der Waals surface area (Å²) in [5.74, 6) is -1.75. The van der Waals surface area contributed by atoms with Crippen LogP contribution in [0.5, 0.6) is 0 Å². The number of carboxylic acid groups (broad SMARTS) is 1. The van der Waals surface area contributed by atoms with E-state index in [1.54, 1.807) is 30.3 Å². The quantitative estimate of drug-likeness (QED) is 0.753. The molecule has 0 atom stereocenters. The van der Waals surface area contributed by atoms with E-state index in [2.05, 4.69) is 10.6 Å². The Hall–Kier alpha value is -3.15. The van der Waals surface area contributed by atoms with E-state index in [0.29, 0.717) is 11.3 Å². The summed E-state index contributed by atoms with van der Waals surface area (Å²) in [4.78, 5) is 35.1. The molecular weight excluding hydrogens is 284 g/mol. The number of aromatic carboxylic acids is 1. The zero-order valence-electron chi connectivity index (χ0n) is 11.4. The Bertz CT molecular complexity index is 798. The summed E-state index contributed by atoms with van der Waals surface area (Å²) in [5.41, 5.74) is 1.62. The minimum atomic E-state index is -1.16. The molecule has 0 bridgehead atoms. The fourth-order valence-corrected chi connectivity index (χ4v) is 2.34. The van der Waals surface area contributed by atoms with Gasteiger partial charge in [0.1, 0.15) is 0 Å². The van der Waals surface area contributed by atoms with Crippen molar-refractivity contribution in [3.8, 4) is 0 Å². The second-order valence-corrected chi connectivity index (χ2v) is 4.84. The van der Waals surface area contributed by atoms with Crippen LogP contribution in [-0.4, -0.2) is 29.3 Å². The molecule has 0 saturated carbocycles. The molecule has 0 aliphatic carbocycles. The molecule has 0 saturated heterocycles. The largest absolute Gasteiger partial charge is 0.478 e. The number of nitrogens with one attached hydrogen (secondary N) is 2. The SMILES string of the molecule is O=C1CNc2ccc(C(=O)c3ccccc3C(=O)O)cc2N1. The Morgan fingerprint density at radius 1 is 1.00 bits per heavy atom. The van der Waals surface area contributed by atoms with Crippen molar-refractivity contribution < 1.29 is 19.5 Å². The van der Waals surface area contributed by atoms with Crippen molar-refractivity contribution in [2.45, 2.75) is 0 Å². The molecule has 110 valence electrons. The molecule has 0 unspecified atom stereocenters. The molecule has 0 fully saturated rings. The number of carbonyl (C=O) groups is 3. The first-order valence-electron chi connectivity index (χ1n) is 6.61. The highest BCUT2D eigenvalue weighted by Crippen LogP contribution is 2.27. The summed E-state index contributed by atoms with van der Waals surface area (Å²) >= 11 is 0. The van der Waals surface area contributed by atoms with Crippen LogP contribution in [0, 0.1) is 0 Å². The zero-order chi connectivity index (χ0) is 15.7. The fraction of sp³-hybridized carbons (Fsp3) is 0.0625. The van der Waals surface area contributed by atoms with Crippen LogP contribution in [0.4, 0.5) is 11.4 Å². The average Bonchev–Trinajstić information content (AvgIpc) is 2.53. The van der Waals surface area contributed by atoms with Gasteiger partial charge in [-0.05, 0) is 24.3 Å². The number of fused-ring (bicyclic) bond motifs is 1. The van der Waals surface area contributed by atoms with E-state index in [-0.39, 0.29) is 23.6 Å². The van der Waals surface area contributed by atoms with E-state index in [9.17, 15) is 14.4 Å². The molecule has 1 aliphatic heterocycles. The van der Waals surface area contributed by atoms with E-state index in [1.807, 2.05) is 0 Å². The average molecular weight is 296 g/mol. The van der Waals surface area contributed by atoms with Gasteiger partial charge < -0.3 is 15.7 Å². The molecule has 0 aromatic heterocycles. The summed E-state index contributed by atoms with van der Waals surface area (Å²) < 4.78 is 0. The molecule has 3 N–H and O–H groups in total. The highest BCUT2D eigenvalue weighted by Gasteiger charge is 2.20. The van der Waals surface area contributed by atoms with Crippen LogP contribution < -0.4 is 10.6 Å². The lowest BCUT2D eigenvalue weighted by atomic mass is 9.97. The molecule has 0 spiro atoms. The summed E-state index contributed by atoms with van der Waals surface area (Å²) in [7, 11) is 0. The van der Waals surface area contributed by atoms with Gasteiger partial charge in [0.05, 0.1) is 23.5 Å². The predicted octanol–water partition coefficient (Wildman–Crippen LogP) is 1.98. The smallest absolute Gasteiger partial charge is 0.336 e. The van der Waals surface area contributed by atoms with Crippen LogP contribution in [0.3, 0.4) is 0 Å². The minimum Gasteiger partial charge on any atom is -0.478 e. The van der Waals surface area contributed by atoms with E-state index >= 15 is 0 Å². The number of hydrogen-bond donors (Lipinski definition) is 3. The van der Waals surface area contributed by atoms with Crippen molar-refractivity contribution in [2.75, 3.05) is 17.2 Å². The number of amides is 1. The standard InChI is InChI=1S/C16H12N2O4/c19-14-8-17-12-6-5-9(7-13(12)18-14)15(20)10-3-1-2-4-11(10)16(21)22/h1-7,17H,8H2,(H,18,19)(H,21,22). The number of hydrogen-bond acceptors (Lipinski definition) is 4. The van der Waals surface area contributed by atoms with Gasteiger partial charge in [0, 0.05) is 11.1 Å². The Morgan fingerprint density at radius 2 is 1.73 bits per heavy atom. The van der Waals surface area contributed by atoms with E-state index in [1.165, 1.54) is 12.1 Å². The lowest BCUT2D eigenvalue weighted by Crippen LogP contribution is -2.27. The molecule has 1 heterocycles. The number of carbonyl (C=O) groups excluding carboxylic acids is 2. The zero-order valence-corrected chi connectivity index (χ0v) is 11.4. The van der Waals surface area contributed by atoms with Gasteiger partial charge in [0.2, 0.25) is 5.91 Å². The maximum atomic E-state index is 12.5. The minimum absolute atomic E-state index is 0.0487. The van der Waals surface area contributed by atoms with Crippen molar-refractivity contribution in [1.82, 2.24) is 0 Å². The van der Waals surface area contributed by atoms with Crippen molar-refractivity contribution in [3.05, 3.63) is 59.2 Å². The van der Waals surface area contributed by atoms with E-state index < -0.39 is 11.8 Å². The van der Waals surface area contributed by atoms with Crippen molar-refractivity contribution in [2.24, 2.45) is 0 Å². The van der Waals surface area contributed by atoms with Gasteiger partial charge in [-0.25, -0.2) is 4.79 Å². The lowest BCUT2D eigenvalue weighted by molar-refractivity contribution is -0.114. The van der Waals surface area contributed by atoms with Crippen LogP contribution >= 0.6 is 0 Å². The number of benzene rings is 2. The van der Waals surface area contributed by atoms with Crippen LogP contribution in [0.15, 0.2) is 42.5 Å². The molecule has 6 heteroatoms. The summed E-state index contributed by atoms with van der Waals surface area (Å²) in [5, 5.41) is 14.8. The Morgan fingerprint density at radius 3 is 2.45 bits per heavy atom. The Kier molecular flexibility index (Phi) is 3.34. The van der Waals surface area contributed by atoms with Crippen LogP contribution in [0.2, 0.25) is 0 Å². The monoisotopic (exact) mass is 296 g/mol. The van der Waals surface area contributed by atoms with Gasteiger partial charge in [0.25, 0.3) is 0 Å². The molecule has 6 nitrogen and oxygen atoms in total. The predicted molar refractivity (Wildman–Crippen MR) is 80.4 cm³/mol. The summed E-state index contributed by atoms with van der Waals surface area (Å²) in [6, 6.07) is 10.9. The van der Waals surface area contributed by atoms with Gasteiger partial charge in [-0.15, -0.1) is 0 Å². The Balaban J connectivity index is 2.02. The fourth-order valence-electron chi connectivity index (χ4n) is 2.34. The third kappa shape index (κ3) is 2.42.